The number of alkyl halides is 3. The van der Waals surface area contributed by atoms with E-state index in [2.05, 4.69) is 10.1 Å². The number of nitrogens with one attached hydrogen (secondary N) is 1. The Morgan fingerprint density at radius 2 is 1.83 bits per heavy atom. The molecule has 0 radical (unpaired) electrons. The van der Waals surface area contributed by atoms with Crippen LogP contribution < -0.4 is 15.8 Å². The van der Waals surface area contributed by atoms with Gasteiger partial charge in [-0.15, -0.1) is 13.2 Å². The van der Waals surface area contributed by atoms with Crippen molar-refractivity contribution in [1.29, 1.82) is 0 Å². The van der Waals surface area contributed by atoms with Crippen LogP contribution >= 0.6 is 0 Å². The quantitative estimate of drug-likeness (QED) is 0.892. The number of aryl methyl sites for hydroxylation is 1. The topological polar surface area (TPSA) is 47.3 Å². The summed E-state index contributed by atoms with van der Waals surface area (Å²) < 4.78 is 40.7. The molecule has 0 spiro atoms. The van der Waals surface area contributed by atoms with Crippen molar-refractivity contribution < 1.29 is 17.9 Å². The molecule has 2 aromatic carbocycles. The lowest BCUT2D eigenvalue weighted by molar-refractivity contribution is -0.274. The Labute approximate surface area is 132 Å². The van der Waals surface area contributed by atoms with Crippen LogP contribution in [0, 0.1) is 0 Å². The molecule has 0 unspecified atom stereocenters. The van der Waals surface area contributed by atoms with Gasteiger partial charge in [-0.2, -0.15) is 0 Å². The fraction of sp³-hybridized carbons (Fsp3) is 0.294. The molecule has 0 saturated carbocycles. The second-order valence-electron chi connectivity index (χ2n) is 5.69. The van der Waals surface area contributed by atoms with Crippen LogP contribution in [0.4, 0.5) is 24.5 Å². The predicted molar refractivity (Wildman–Crippen MR) is 82.9 cm³/mol. The van der Waals surface area contributed by atoms with E-state index in [1.165, 1.54) is 29.3 Å². The standard InChI is InChI=1S/C17H17F3N2O/c18-17(19,20)23-16-3-1-2-14(10-16)22-15-7-5-11-8-13(21)6-4-12(11)9-15/h1-3,5,7,9-10,13,22H,4,6,8,21H2/t13-/m0/s1. The molecule has 3 N–H and O–H groups in total. The molecule has 0 heterocycles. The Morgan fingerprint density at radius 3 is 2.61 bits per heavy atom. The van der Waals surface area contributed by atoms with Crippen LogP contribution in [0.15, 0.2) is 42.5 Å². The number of fused-ring (bicyclic) bond motifs is 1. The Balaban J connectivity index is 1.76. The molecule has 0 amide bonds. The molecule has 1 aliphatic carbocycles. The Morgan fingerprint density at radius 1 is 1.04 bits per heavy atom. The lowest BCUT2D eigenvalue weighted by Gasteiger charge is -2.22. The minimum atomic E-state index is -4.69. The first-order valence-electron chi connectivity index (χ1n) is 7.39. The van der Waals surface area contributed by atoms with Crippen molar-refractivity contribution in [2.45, 2.75) is 31.7 Å². The summed E-state index contributed by atoms with van der Waals surface area (Å²) in [4.78, 5) is 0. The van der Waals surface area contributed by atoms with Gasteiger partial charge < -0.3 is 15.8 Å². The van der Waals surface area contributed by atoms with Gasteiger partial charge >= 0.3 is 6.36 Å². The van der Waals surface area contributed by atoms with Crippen molar-refractivity contribution in [3.63, 3.8) is 0 Å². The molecule has 1 atom stereocenters. The summed E-state index contributed by atoms with van der Waals surface area (Å²) in [5.74, 6) is -0.244. The van der Waals surface area contributed by atoms with Crippen molar-refractivity contribution >= 4 is 11.4 Å². The van der Waals surface area contributed by atoms with Crippen molar-refractivity contribution in [1.82, 2.24) is 0 Å². The van der Waals surface area contributed by atoms with Crippen LogP contribution in [-0.4, -0.2) is 12.4 Å². The summed E-state index contributed by atoms with van der Waals surface area (Å²) in [5, 5.41) is 3.11. The normalized spacial score (nSPS) is 17.5. The van der Waals surface area contributed by atoms with Crippen LogP contribution in [0.5, 0.6) is 5.75 Å². The van der Waals surface area contributed by atoms with Crippen molar-refractivity contribution in [3.05, 3.63) is 53.6 Å². The van der Waals surface area contributed by atoms with E-state index in [1.807, 2.05) is 18.2 Å². The first kappa shape index (κ1) is 15.7. The Kier molecular flexibility index (Phi) is 4.17. The van der Waals surface area contributed by atoms with Crippen LogP contribution in [0.1, 0.15) is 17.5 Å². The number of hydrogen-bond donors (Lipinski definition) is 2. The predicted octanol–water partition coefficient (Wildman–Crippen LogP) is 4.14. The molecule has 3 rings (SSSR count). The third-order valence-electron chi connectivity index (χ3n) is 3.83. The zero-order valence-corrected chi connectivity index (χ0v) is 12.4. The lowest BCUT2D eigenvalue weighted by Crippen LogP contribution is -2.27. The van der Waals surface area contributed by atoms with Crippen LogP contribution in [0.3, 0.4) is 0 Å². The average molecular weight is 322 g/mol. The Hall–Kier alpha value is -2.21. The highest BCUT2D eigenvalue weighted by atomic mass is 19.4. The summed E-state index contributed by atoms with van der Waals surface area (Å²) in [5.41, 5.74) is 9.81. The molecule has 23 heavy (non-hydrogen) atoms. The third-order valence-corrected chi connectivity index (χ3v) is 3.83. The molecule has 0 bridgehead atoms. The molecule has 0 aromatic heterocycles. The highest BCUT2D eigenvalue weighted by Crippen LogP contribution is 2.29. The van der Waals surface area contributed by atoms with E-state index in [4.69, 9.17) is 5.73 Å². The fourth-order valence-electron chi connectivity index (χ4n) is 2.80. The number of rotatable bonds is 3. The van der Waals surface area contributed by atoms with Crippen LogP contribution in [-0.2, 0) is 12.8 Å². The van der Waals surface area contributed by atoms with Gasteiger partial charge in [0.25, 0.3) is 0 Å². The molecule has 3 nitrogen and oxygen atoms in total. The maximum atomic E-state index is 12.3. The van der Waals surface area contributed by atoms with Crippen LogP contribution in [0.2, 0.25) is 0 Å². The number of anilines is 2. The van der Waals surface area contributed by atoms with E-state index in [1.54, 1.807) is 6.07 Å². The van der Waals surface area contributed by atoms with Crippen molar-refractivity contribution in [3.8, 4) is 5.75 Å². The molecule has 0 aliphatic heterocycles. The smallest absolute Gasteiger partial charge is 0.406 e. The largest absolute Gasteiger partial charge is 0.573 e. The zero-order valence-electron chi connectivity index (χ0n) is 12.4. The van der Waals surface area contributed by atoms with Crippen molar-refractivity contribution in [2.75, 3.05) is 5.32 Å². The summed E-state index contributed by atoms with van der Waals surface area (Å²) in [6.45, 7) is 0. The number of nitrogens with two attached hydrogens (primary N) is 1. The van der Waals surface area contributed by atoms with Gasteiger partial charge in [0.1, 0.15) is 5.75 Å². The SMILES string of the molecule is N[C@H]1CCc2cc(Nc3cccc(OC(F)(F)F)c3)ccc2C1. The van der Waals surface area contributed by atoms with Gasteiger partial charge in [-0.05, 0) is 54.7 Å². The second kappa shape index (κ2) is 6.12. The molecule has 1 aliphatic rings. The van der Waals surface area contributed by atoms with Gasteiger partial charge in [-0.1, -0.05) is 12.1 Å². The van der Waals surface area contributed by atoms with E-state index >= 15 is 0 Å². The van der Waals surface area contributed by atoms with E-state index in [-0.39, 0.29) is 11.8 Å². The molecular formula is C17H17F3N2O. The molecule has 0 fully saturated rings. The van der Waals surface area contributed by atoms with Crippen molar-refractivity contribution in [2.24, 2.45) is 5.73 Å². The minimum absolute atomic E-state index is 0.206. The first-order valence-corrected chi connectivity index (χ1v) is 7.39. The number of hydrogen-bond acceptors (Lipinski definition) is 3. The molecule has 0 saturated heterocycles. The Bertz CT molecular complexity index is 700. The molecule has 2 aromatic rings. The van der Waals surface area contributed by atoms with E-state index in [0.29, 0.717) is 5.69 Å². The molecule has 122 valence electrons. The fourth-order valence-corrected chi connectivity index (χ4v) is 2.80. The number of halogens is 3. The summed E-state index contributed by atoms with van der Waals surface area (Å²) in [7, 11) is 0. The van der Waals surface area contributed by atoms with E-state index < -0.39 is 6.36 Å². The monoisotopic (exact) mass is 322 g/mol. The van der Waals surface area contributed by atoms with Gasteiger partial charge in [0.05, 0.1) is 0 Å². The van der Waals surface area contributed by atoms with Gasteiger partial charge in [0, 0.05) is 23.5 Å². The van der Waals surface area contributed by atoms with E-state index in [9.17, 15) is 13.2 Å². The number of ether oxygens (including phenoxy) is 1. The maximum absolute atomic E-state index is 12.3. The average Bonchev–Trinajstić information content (AvgIpc) is 2.46. The second-order valence-corrected chi connectivity index (χ2v) is 5.69. The summed E-state index contributed by atoms with van der Waals surface area (Å²) >= 11 is 0. The minimum Gasteiger partial charge on any atom is -0.406 e. The summed E-state index contributed by atoms with van der Waals surface area (Å²) in [6.07, 6.45) is -1.96. The van der Waals surface area contributed by atoms with E-state index in [0.717, 1.165) is 24.9 Å². The first-order chi connectivity index (χ1) is 10.9. The summed E-state index contributed by atoms with van der Waals surface area (Å²) in [6, 6.07) is 12.0. The lowest BCUT2D eigenvalue weighted by atomic mass is 9.88. The highest BCUT2D eigenvalue weighted by molar-refractivity contribution is 5.62. The van der Waals surface area contributed by atoms with Crippen LogP contribution in [0.25, 0.3) is 0 Å². The van der Waals surface area contributed by atoms with Gasteiger partial charge in [0.15, 0.2) is 0 Å². The zero-order chi connectivity index (χ0) is 16.4. The molecular weight excluding hydrogens is 305 g/mol. The highest BCUT2D eigenvalue weighted by Gasteiger charge is 2.31. The van der Waals surface area contributed by atoms with Gasteiger partial charge in [-0.25, -0.2) is 0 Å². The van der Waals surface area contributed by atoms with Gasteiger partial charge in [0.2, 0.25) is 0 Å². The van der Waals surface area contributed by atoms with Gasteiger partial charge in [-0.3, -0.25) is 0 Å². The molecule has 6 heteroatoms. The number of benzene rings is 2. The maximum Gasteiger partial charge on any atom is 0.573 e. The third kappa shape index (κ3) is 4.16.